The Labute approximate surface area is 87.8 Å². The summed E-state index contributed by atoms with van der Waals surface area (Å²) in [4.78, 5) is 19.4. The van der Waals surface area contributed by atoms with E-state index in [1.807, 2.05) is 0 Å². The maximum absolute atomic E-state index is 13.1. The highest BCUT2D eigenvalue weighted by molar-refractivity contribution is 5.85. The second-order valence-corrected chi connectivity index (χ2v) is 2.75. The summed E-state index contributed by atoms with van der Waals surface area (Å²) in [6, 6.07) is 1.04. The summed E-state index contributed by atoms with van der Waals surface area (Å²) in [6.07, 6.45) is 1.23. The number of nitro groups is 1. The quantitative estimate of drug-likeness (QED) is 0.488. The molecular weight excluding hydrogens is 224 g/mol. The number of hydrogen-bond donors (Lipinski definition) is 1. The molecule has 1 aromatic carbocycles. The number of halogens is 2. The minimum absolute atomic E-state index is 0.518. The van der Waals surface area contributed by atoms with Gasteiger partial charge in [0.2, 0.25) is 0 Å². The zero-order chi connectivity index (χ0) is 12.3. The van der Waals surface area contributed by atoms with Crippen LogP contribution in [0.25, 0.3) is 6.08 Å². The van der Waals surface area contributed by atoms with E-state index in [1.165, 1.54) is 0 Å². The van der Waals surface area contributed by atoms with Crippen LogP contribution < -0.4 is 0 Å². The minimum Gasteiger partial charge on any atom is -0.478 e. The predicted octanol–water partition coefficient (Wildman–Crippen LogP) is 1.97. The van der Waals surface area contributed by atoms with Crippen LogP contribution in [0.15, 0.2) is 18.2 Å². The number of carboxylic acid groups (broad SMARTS) is 1. The summed E-state index contributed by atoms with van der Waals surface area (Å²) < 4.78 is 26.3. The highest BCUT2D eigenvalue weighted by atomic mass is 19.1. The Bertz CT molecular complexity index is 461. The van der Waals surface area contributed by atoms with Gasteiger partial charge in [0, 0.05) is 11.6 Å². The Hall–Kier alpha value is -2.31. The maximum Gasteiger partial charge on any atom is 0.328 e. The average Bonchev–Trinajstić information content (AvgIpc) is 2.15. The molecule has 0 spiro atoms. The van der Waals surface area contributed by atoms with E-state index in [0.29, 0.717) is 24.3 Å². The van der Waals surface area contributed by atoms with Crippen LogP contribution in [-0.2, 0) is 4.79 Å². The van der Waals surface area contributed by atoms with Crippen molar-refractivity contribution in [1.29, 1.82) is 0 Å². The van der Waals surface area contributed by atoms with Gasteiger partial charge in [-0.25, -0.2) is 13.6 Å². The van der Waals surface area contributed by atoms with Gasteiger partial charge in [0.25, 0.3) is 5.69 Å². The molecule has 0 radical (unpaired) electrons. The largest absolute Gasteiger partial charge is 0.478 e. The van der Waals surface area contributed by atoms with E-state index in [1.54, 1.807) is 0 Å². The molecule has 0 aromatic heterocycles. The van der Waals surface area contributed by atoms with Crippen molar-refractivity contribution in [2.75, 3.05) is 0 Å². The topological polar surface area (TPSA) is 80.4 Å². The average molecular weight is 229 g/mol. The van der Waals surface area contributed by atoms with Crippen molar-refractivity contribution in [2.24, 2.45) is 0 Å². The van der Waals surface area contributed by atoms with Gasteiger partial charge in [0.15, 0.2) is 0 Å². The fourth-order valence-corrected chi connectivity index (χ4v) is 0.990. The van der Waals surface area contributed by atoms with Gasteiger partial charge in [-0.2, -0.15) is 0 Å². The lowest BCUT2D eigenvalue weighted by molar-refractivity contribution is -0.385. The van der Waals surface area contributed by atoms with Crippen LogP contribution in [-0.4, -0.2) is 16.0 Å². The third-order valence-electron chi connectivity index (χ3n) is 1.67. The SMILES string of the molecule is O=C(O)C=Cc1c(F)cc([N+](=O)[O-])cc1F. The van der Waals surface area contributed by atoms with Gasteiger partial charge in [0.1, 0.15) is 11.6 Å². The standard InChI is InChI=1S/C9H5F2NO4/c10-7-3-5(12(15)16)4-8(11)6(7)1-2-9(13)14/h1-4H,(H,13,14). The molecule has 0 atom stereocenters. The van der Waals surface area contributed by atoms with E-state index in [4.69, 9.17) is 5.11 Å². The molecule has 1 rings (SSSR count). The summed E-state index contributed by atoms with van der Waals surface area (Å²) in [7, 11) is 0. The summed E-state index contributed by atoms with van der Waals surface area (Å²) in [6.45, 7) is 0. The molecule has 0 aliphatic carbocycles. The number of rotatable bonds is 3. The molecule has 16 heavy (non-hydrogen) atoms. The molecule has 0 bridgehead atoms. The van der Waals surface area contributed by atoms with Crippen LogP contribution in [0, 0.1) is 21.7 Å². The van der Waals surface area contributed by atoms with E-state index in [9.17, 15) is 23.7 Å². The Balaban J connectivity index is 3.22. The summed E-state index contributed by atoms with van der Waals surface area (Å²) in [5.41, 5.74) is -1.37. The van der Waals surface area contributed by atoms with Crippen LogP contribution >= 0.6 is 0 Å². The molecule has 0 amide bonds. The maximum atomic E-state index is 13.1. The Morgan fingerprint density at radius 1 is 1.38 bits per heavy atom. The van der Waals surface area contributed by atoms with Gasteiger partial charge < -0.3 is 5.11 Å². The highest BCUT2D eigenvalue weighted by Gasteiger charge is 2.15. The van der Waals surface area contributed by atoms with Gasteiger partial charge in [-0.05, 0) is 6.08 Å². The van der Waals surface area contributed by atoms with Crippen molar-refractivity contribution < 1.29 is 23.6 Å². The zero-order valence-corrected chi connectivity index (χ0v) is 7.68. The molecule has 5 nitrogen and oxygen atoms in total. The second-order valence-electron chi connectivity index (χ2n) is 2.75. The first-order valence-electron chi connectivity index (χ1n) is 3.96. The third-order valence-corrected chi connectivity index (χ3v) is 1.67. The van der Waals surface area contributed by atoms with E-state index in [0.717, 1.165) is 0 Å². The zero-order valence-electron chi connectivity index (χ0n) is 7.68. The molecule has 0 saturated heterocycles. The summed E-state index contributed by atoms with van der Waals surface area (Å²) in [5.74, 6) is -3.76. The Kier molecular flexibility index (Phi) is 3.29. The van der Waals surface area contributed by atoms with Crippen LogP contribution in [0.3, 0.4) is 0 Å². The minimum atomic E-state index is -1.38. The van der Waals surface area contributed by atoms with Crippen molar-refractivity contribution >= 4 is 17.7 Å². The van der Waals surface area contributed by atoms with Gasteiger partial charge in [-0.1, -0.05) is 0 Å². The molecule has 0 aliphatic heterocycles. The van der Waals surface area contributed by atoms with Crippen molar-refractivity contribution in [2.45, 2.75) is 0 Å². The van der Waals surface area contributed by atoms with Gasteiger partial charge in [-0.3, -0.25) is 10.1 Å². The van der Waals surface area contributed by atoms with Crippen molar-refractivity contribution in [1.82, 2.24) is 0 Å². The fourth-order valence-electron chi connectivity index (χ4n) is 0.990. The first kappa shape index (κ1) is 11.8. The normalized spacial score (nSPS) is 10.6. The number of carboxylic acids is 1. The molecule has 1 aromatic rings. The molecule has 0 aliphatic rings. The van der Waals surface area contributed by atoms with Crippen LogP contribution in [0.4, 0.5) is 14.5 Å². The van der Waals surface area contributed by atoms with Gasteiger partial charge in [0.05, 0.1) is 17.1 Å². The molecule has 84 valence electrons. The molecule has 1 N–H and O–H groups in total. The lowest BCUT2D eigenvalue weighted by atomic mass is 10.1. The number of hydrogen-bond acceptors (Lipinski definition) is 3. The van der Waals surface area contributed by atoms with Crippen LogP contribution in [0.2, 0.25) is 0 Å². The van der Waals surface area contributed by atoms with E-state index in [-0.39, 0.29) is 0 Å². The third kappa shape index (κ3) is 2.59. The predicted molar refractivity (Wildman–Crippen MR) is 49.7 cm³/mol. The number of benzene rings is 1. The summed E-state index contributed by atoms with van der Waals surface area (Å²) in [5, 5.41) is 18.5. The molecule has 0 unspecified atom stereocenters. The lowest BCUT2D eigenvalue weighted by Crippen LogP contribution is -1.95. The number of nitrogens with zero attached hydrogens (tertiary/aromatic N) is 1. The molecule has 0 fully saturated rings. The van der Waals surface area contributed by atoms with Gasteiger partial charge >= 0.3 is 5.97 Å². The van der Waals surface area contributed by atoms with Crippen LogP contribution in [0.5, 0.6) is 0 Å². The Morgan fingerprint density at radius 3 is 2.25 bits per heavy atom. The van der Waals surface area contributed by atoms with Gasteiger partial charge in [-0.15, -0.1) is 0 Å². The second kappa shape index (κ2) is 4.47. The number of aliphatic carboxylic acids is 1. The fraction of sp³-hybridized carbons (Fsp3) is 0. The van der Waals surface area contributed by atoms with Crippen molar-refractivity contribution in [3.8, 4) is 0 Å². The lowest BCUT2D eigenvalue weighted by Gasteiger charge is -1.99. The van der Waals surface area contributed by atoms with E-state index in [2.05, 4.69) is 0 Å². The van der Waals surface area contributed by atoms with E-state index >= 15 is 0 Å². The summed E-state index contributed by atoms with van der Waals surface area (Å²) >= 11 is 0. The molecule has 0 saturated carbocycles. The molecular formula is C9H5F2NO4. The first-order valence-corrected chi connectivity index (χ1v) is 3.96. The highest BCUT2D eigenvalue weighted by Crippen LogP contribution is 2.21. The van der Waals surface area contributed by atoms with Crippen LogP contribution in [0.1, 0.15) is 5.56 Å². The number of non-ortho nitro benzene ring substituents is 1. The monoisotopic (exact) mass is 229 g/mol. The van der Waals surface area contributed by atoms with Crippen molar-refractivity contribution in [3.63, 3.8) is 0 Å². The Morgan fingerprint density at radius 2 is 1.88 bits per heavy atom. The smallest absolute Gasteiger partial charge is 0.328 e. The van der Waals surface area contributed by atoms with E-state index < -0.39 is 33.8 Å². The number of nitro benzene ring substituents is 1. The first-order chi connectivity index (χ1) is 7.41. The number of carbonyl (C=O) groups is 1. The molecule has 7 heteroatoms. The molecule has 0 heterocycles. The van der Waals surface area contributed by atoms with Crippen molar-refractivity contribution in [3.05, 3.63) is 45.5 Å².